The summed E-state index contributed by atoms with van der Waals surface area (Å²) in [5.74, 6) is -0.0672. The van der Waals surface area contributed by atoms with Crippen molar-refractivity contribution in [1.29, 1.82) is 0 Å². The monoisotopic (exact) mass is 327 g/mol. The summed E-state index contributed by atoms with van der Waals surface area (Å²) in [5, 5.41) is 3.85. The van der Waals surface area contributed by atoms with Crippen LogP contribution in [0.4, 0.5) is 0 Å². The molecule has 6 heteroatoms. The van der Waals surface area contributed by atoms with E-state index in [1.165, 1.54) is 0 Å². The van der Waals surface area contributed by atoms with Crippen LogP contribution in [0.5, 0.6) is 0 Å². The number of piperidine rings is 1. The molecule has 2 heterocycles. The number of fused-ring (bicyclic) bond motifs is 1. The van der Waals surface area contributed by atoms with Crippen LogP contribution in [0.2, 0.25) is 0 Å². The van der Waals surface area contributed by atoms with Gasteiger partial charge in [-0.25, -0.2) is 0 Å². The summed E-state index contributed by atoms with van der Waals surface area (Å²) in [6.45, 7) is 0.661. The Morgan fingerprint density at radius 2 is 2.12 bits per heavy atom. The van der Waals surface area contributed by atoms with Crippen molar-refractivity contribution < 1.29 is 9.59 Å². The van der Waals surface area contributed by atoms with Gasteiger partial charge in [0.15, 0.2) is 0 Å². The molecule has 3 rings (SSSR count). The summed E-state index contributed by atoms with van der Waals surface area (Å²) in [6, 6.07) is 9.29. The van der Waals surface area contributed by atoms with Crippen LogP contribution in [0.3, 0.4) is 0 Å². The molecule has 0 aliphatic carbocycles. The fourth-order valence-corrected chi connectivity index (χ4v) is 2.99. The second kappa shape index (κ2) is 6.86. The van der Waals surface area contributed by atoms with Crippen LogP contribution in [0, 0.1) is 0 Å². The molecule has 1 aliphatic rings. The van der Waals surface area contributed by atoms with E-state index >= 15 is 0 Å². The van der Waals surface area contributed by atoms with Gasteiger partial charge in [0.25, 0.3) is 5.56 Å². The number of carbonyl (C=O) groups is 2. The predicted octanol–water partition coefficient (Wildman–Crippen LogP) is 1.20. The molecule has 0 spiro atoms. The molecule has 6 nitrogen and oxygen atoms in total. The summed E-state index contributed by atoms with van der Waals surface area (Å²) in [4.78, 5) is 40.4. The van der Waals surface area contributed by atoms with E-state index in [0.29, 0.717) is 24.9 Å². The third-order valence-corrected chi connectivity index (χ3v) is 4.48. The van der Waals surface area contributed by atoms with E-state index in [2.05, 4.69) is 10.3 Å². The second-order valence-corrected chi connectivity index (χ2v) is 6.28. The first-order valence-electron chi connectivity index (χ1n) is 8.17. The maximum atomic E-state index is 12.1. The molecule has 2 amide bonds. The van der Waals surface area contributed by atoms with Crippen LogP contribution in [0.15, 0.2) is 35.1 Å². The highest BCUT2D eigenvalue weighted by Crippen LogP contribution is 2.12. The maximum absolute atomic E-state index is 12.1. The van der Waals surface area contributed by atoms with Gasteiger partial charge in [0.05, 0.1) is 0 Å². The van der Waals surface area contributed by atoms with Crippen LogP contribution in [-0.4, -0.2) is 41.3 Å². The van der Waals surface area contributed by atoms with E-state index in [4.69, 9.17) is 0 Å². The molecular weight excluding hydrogens is 306 g/mol. The summed E-state index contributed by atoms with van der Waals surface area (Å²) < 4.78 is 0. The SMILES string of the molecule is CN1CC[C@H](NC(=O)CCc2cc3ccccc3[nH]c2=O)CC1=O. The van der Waals surface area contributed by atoms with Crippen molar-refractivity contribution in [3.8, 4) is 0 Å². The smallest absolute Gasteiger partial charge is 0.251 e. The van der Waals surface area contributed by atoms with Gasteiger partial charge in [-0.05, 0) is 30.4 Å². The predicted molar refractivity (Wildman–Crippen MR) is 91.7 cm³/mol. The molecule has 1 aromatic heterocycles. The first-order valence-corrected chi connectivity index (χ1v) is 8.17. The lowest BCUT2D eigenvalue weighted by Gasteiger charge is -2.29. The molecule has 24 heavy (non-hydrogen) atoms. The van der Waals surface area contributed by atoms with Crippen molar-refractivity contribution in [2.75, 3.05) is 13.6 Å². The van der Waals surface area contributed by atoms with Crippen LogP contribution in [0.25, 0.3) is 10.9 Å². The lowest BCUT2D eigenvalue weighted by Crippen LogP contribution is -2.46. The van der Waals surface area contributed by atoms with Crippen molar-refractivity contribution in [3.63, 3.8) is 0 Å². The number of amides is 2. The number of aromatic amines is 1. The Morgan fingerprint density at radius 3 is 2.92 bits per heavy atom. The molecule has 2 N–H and O–H groups in total. The molecule has 1 aromatic carbocycles. The van der Waals surface area contributed by atoms with Gasteiger partial charge in [0.2, 0.25) is 11.8 Å². The molecule has 0 radical (unpaired) electrons. The van der Waals surface area contributed by atoms with Gasteiger partial charge in [0, 0.05) is 43.6 Å². The normalized spacial score (nSPS) is 18.0. The van der Waals surface area contributed by atoms with Crippen LogP contribution >= 0.6 is 0 Å². The second-order valence-electron chi connectivity index (χ2n) is 6.28. The minimum absolute atomic E-state index is 0.0533. The van der Waals surface area contributed by atoms with Crippen molar-refractivity contribution in [3.05, 3.63) is 46.2 Å². The minimum Gasteiger partial charge on any atom is -0.353 e. The first kappa shape index (κ1) is 16.2. The van der Waals surface area contributed by atoms with Gasteiger partial charge in [0.1, 0.15) is 0 Å². The van der Waals surface area contributed by atoms with Crippen LogP contribution in [-0.2, 0) is 16.0 Å². The molecule has 1 saturated heterocycles. The van der Waals surface area contributed by atoms with Crippen LogP contribution < -0.4 is 10.9 Å². The topological polar surface area (TPSA) is 82.3 Å². The number of para-hydroxylation sites is 1. The number of nitrogens with one attached hydrogen (secondary N) is 2. The van der Waals surface area contributed by atoms with Crippen LogP contribution in [0.1, 0.15) is 24.8 Å². The number of aromatic nitrogens is 1. The van der Waals surface area contributed by atoms with Crippen molar-refractivity contribution in [1.82, 2.24) is 15.2 Å². The van der Waals surface area contributed by atoms with Gasteiger partial charge in [-0.3, -0.25) is 14.4 Å². The number of pyridine rings is 1. The van der Waals surface area contributed by atoms with E-state index < -0.39 is 0 Å². The molecule has 1 fully saturated rings. The number of hydrogen-bond donors (Lipinski definition) is 2. The number of hydrogen-bond acceptors (Lipinski definition) is 3. The third kappa shape index (κ3) is 3.64. The average molecular weight is 327 g/mol. The van der Waals surface area contributed by atoms with Gasteiger partial charge in [-0.1, -0.05) is 18.2 Å². The summed E-state index contributed by atoms with van der Waals surface area (Å²) in [7, 11) is 1.77. The maximum Gasteiger partial charge on any atom is 0.251 e. The van der Waals surface area contributed by atoms with E-state index in [9.17, 15) is 14.4 Å². The summed E-state index contributed by atoms with van der Waals surface area (Å²) >= 11 is 0. The lowest BCUT2D eigenvalue weighted by atomic mass is 10.0. The number of aryl methyl sites for hydroxylation is 1. The number of rotatable bonds is 4. The van der Waals surface area contributed by atoms with Gasteiger partial charge in [-0.15, -0.1) is 0 Å². The number of carbonyl (C=O) groups excluding carboxylic acids is 2. The Bertz CT molecular complexity index is 828. The molecular formula is C18H21N3O3. The first-order chi connectivity index (χ1) is 11.5. The van der Waals surface area contributed by atoms with Crippen molar-refractivity contribution >= 4 is 22.7 Å². The third-order valence-electron chi connectivity index (χ3n) is 4.48. The van der Waals surface area contributed by atoms with Gasteiger partial charge in [-0.2, -0.15) is 0 Å². The molecule has 0 saturated carbocycles. The van der Waals surface area contributed by atoms with Gasteiger partial charge < -0.3 is 15.2 Å². The summed E-state index contributed by atoms with van der Waals surface area (Å²) in [5.41, 5.74) is 1.24. The molecule has 0 unspecified atom stereocenters. The zero-order valence-corrected chi connectivity index (χ0v) is 13.7. The van der Waals surface area contributed by atoms with Crippen molar-refractivity contribution in [2.24, 2.45) is 0 Å². The summed E-state index contributed by atoms with van der Waals surface area (Å²) in [6.07, 6.45) is 1.73. The lowest BCUT2D eigenvalue weighted by molar-refractivity contribution is -0.133. The van der Waals surface area contributed by atoms with Crippen molar-refractivity contribution in [2.45, 2.75) is 31.7 Å². The largest absolute Gasteiger partial charge is 0.353 e. The number of nitrogens with zero attached hydrogens (tertiary/aromatic N) is 1. The zero-order valence-electron chi connectivity index (χ0n) is 13.7. The Hall–Kier alpha value is -2.63. The molecule has 0 bridgehead atoms. The highest BCUT2D eigenvalue weighted by Gasteiger charge is 2.24. The number of likely N-dealkylation sites (tertiary alicyclic amines) is 1. The molecule has 1 aliphatic heterocycles. The van der Waals surface area contributed by atoms with E-state index in [0.717, 1.165) is 17.3 Å². The highest BCUT2D eigenvalue weighted by molar-refractivity contribution is 5.81. The molecule has 1 atom stereocenters. The fourth-order valence-electron chi connectivity index (χ4n) is 2.99. The fraction of sp³-hybridized carbons (Fsp3) is 0.389. The van der Waals surface area contributed by atoms with E-state index in [-0.39, 0.29) is 29.8 Å². The quantitative estimate of drug-likeness (QED) is 0.885. The number of benzene rings is 1. The Kier molecular flexibility index (Phi) is 4.64. The Labute approximate surface area is 139 Å². The molecule has 2 aromatic rings. The highest BCUT2D eigenvalue weighted by atomic mass is 16.2. The Balaban J connectivity index is 1.59. The number of H-pyrrole nitrogens is 1. The zero-order chi connectivity index (χ0) is 17.1. The van der Waals surface area contributed by atoms with Gasteiger partial charge >= 0.3 is 0 Å². The standard InChI is InChI=1S/C18H21N3O3/c1-21-9-8-14(11-17(21)23)19-16(22)7-6-13-10-12-4-2-3-5-15(12)20-18(13)24/h2-5,10,14H,6-9,11H2,1H3,(H,19,22)(H,20,24)/t14-/m0/s1. The Morgan fingerprint density at radius 1 is 1.33 bits per heavy atom. The van der Waals surface area contributed by atoms with E-state index in [1.807, 2.05) is 30.3 Å². The van der Waals surface area contributed by atoms with E-state index in [1.54, 1.807) is 11.9 Å². The average Bonchev–Trinajstić information content (AvgIpc) is 2.56. The molecule has 126 valence electrons. The minimum atomic E-state index is -0.157.